The lowest BCUT2D eigenvalue weighted by Crippen LogP contribution is -2.23. The Bertz CT molecular complexity index is 1240. The zero-order valence-electron chi connectivity index (χ0n) is 14.2. The lowest BCUT2D eigenvalue weighted by Gasteiger charge is -2.13. The van der Waals surface area contributed by atoms with E-state index < -0.39 is 0 Å². The number of halogens is 1. The van der Waals surface area contributed by atoms with Gasteiger partial charge in [0.15, 0.2) is 3.95 Å². The summed E-state index contributed by atoms with van der Waals surface area (Å²) in [7, 11) is 0. The summed E-state index contributed by atoms with van der Waals surface area (Å²) in [5.74, 6) is 0. The van der Waals surface area contributed by atoms with Gasteiger partial charge in [-0.3, -0.25) is 13.8 Å². The molecule has 0 atom stereocenters. The number of thiazole rings is 1. The molecule has 6 heteroatoms. The maximum Gasteiger partial charge on any atom is 0.261 e. The Labute approximate surface area is 165 Å². The number of hydrogen-bond donors (Lipinski definition) is 0. The highest BCUT2D eigenvalue weighted by Gasteiger charge is 2.18. The van der Waals surface area contributed by atoms with Crippen LogP contribution in [0.25, 0.3) is 27.0 Å². The van der Waals surface area contributed by atoms with E-state index >= 15 is 0 Å². The summed E-state index contributed by atoms with van der Waals surface area (Å²) in [5.41, 5.74) is 2.73. The van der Waals surface area contributed by atoms with Crippen molar-refractivity contribution in [3.63, 3.8) is 0 Å². The van der Waals surface area contributed by atoms with E-state index in [1.54, 1.807) is 0 Å². The van der Waals surface area contributed by atoms with Crippen LogP contribution in [0.15, 0.2) is 53.3 Å². The molecule has 0 unspecified atom stereocenters. The van der Waals surface area contributed by atoms with E-state index in [0.717, 1.165) is 38.4 Å². The van der Waals surface area contributed by atoms with Crippen LogP contribution in [0.3, 0.4) is 0 Å². The summed E-state index contributed by atoms with van der Waals surface area (Å²) in [6, 6.07) is 15.4. The summed E-state index contributed by atoms with van der Waals surface area (Å²) in [5, 5.41) is 1.37. The third-order valence-corrected chi connectivity index (χ3v) is 6.13. The molecular formula is C20H17ClN2OS2. The molecule has 26 heavy (non-hydrogen) atoms. The smallest absolute Gasteiger partial charge is 0.261 e. The summed E-state index contributed by atoms with van der Waals surface area (Å²) in [6.07, 6.45) is 1.95. The van der Waals surface area contributed by atoms with Crippen LogP contribution in [0.5, 0.6) is 0 Å². The Morgan fingerprint density at radius 1 is 1.15 bits per heavy atom. The van der Waals surface area contributed by atoms with Crippen LogP contribution in [0.1, 0.15) is 19.8 Å². The van der Waals surface area contributed by atoms with Crippen molar-refractivity contribution in [3.8, 4) is 10.4 Å². The summed E-state index contributed by atoms with van der Waals surface area (Å²) in [6.45, 7) is 2.79. The Hall–Kier alpha value is -1.95. The van der Waals surface area contributed by atoms with Crippen LogP contribution in [-0.2, 0) is 6.54 Å². The van der Waals surface area contributed by atoms with Gasteiger partial charge >= 0.3 is 0 Å². The summed E-state index contributed by atoms with van der Waals surface area (Å²) < 4.78 is 4.63. The van der Waals surface area contributed by atoms with Crippen LogP contribution in [0.4, 0.5) is 0 Å². The van der Waals surface area contributed by atoms with Gasteiger partial charge in [0.05, 0.1) is 15.8 Å². The second-order valence-electron chi connectivity index (χ2n) is 6.19. The maximum absolute atomic E-state index is 13.2. The SMILES string of the molecule is CCCCn1c(=O)c2ccccc2n2c(=S)sc(-c3cccc(Cl)c3)c12. The van der Waals surface area contributed by atoms with Crippen LogP contribution in [0.2, 0.25) is 5.02 Å². The minimum Gasteiger partial charge on any atom is -0.292 e. The van der Waals surface area contributed by atoms with E-state index in [4.69, 9.17) is 23.8 Å². The Morgan fingerprint density at radius 2 is 1.96 bits per heavy atom. The Morgan fingerprint density at radius 3 is 2.73 bits per heavy atom. The van der Waals surface area contributed by atoms with Gasteiger partial charge in [-0.1, -0.05) is 49.2 Å². The average Bonchev–Trinajstić information content (AvgIpc) is 2.99. The average molecular weight is 401 g/mol. The van der Waals surface area contributed by atoms with Crippen molar-refractivity contribution in [1.82, 2.24) is 8.97 Å². The first-order valence-corrected chi connectivity index (χ1v) is 10.1. The number of nitrogens with zero attached hydrogens (tertiary/aromatic N) is 2. The van der Waals surface area contributed by atoms with Gasteiger partial charge in [0.1, 0.15) is 5.65 Å². The molecule has 0 saturated carbocycles. The molecule has 2 aromatic carbocycles. The molecule has 0 fully saturated rings. The minimum absolute atomic E-state index is 0.0325. The molecule has 0 spiro atoms. The highest BCUT2D eigenvalue weighted by Crippen LogP contribution is 2.34. The first kappa shape index (κ1) is 17.5. The van der Waals surface area contributed by atoms with Crippen molar-refractivity contribution >= 4 is 51.7 Å². The van der Waals surface area contributed by atoms with Crippen molar-refractivity contribution in [1.29, 1.82) is 0 Å². The van der Waals surface area contributed by atoms with Gasteiger partial charge in [0, 0.05) is 11.6 Å². The monoisotopic (exact) mass is 400 g/mol. The first-order valence-electron chi connectivity index (χ1n) is 8.55. The Balaban J connectivity index is 2.19. The van der Waals surface area contributed by atoms with Gasteiger partial charge in [-0.05, 0) is 48.5 Å². The van der Waals surface area contributed by atoms with Crippen molar-refractivity contribution in [3.05, 3.63) is 67.9 Å². The fourth-order valence-electron chi connectivity index (χ4n) is 3.25. The molecule has 2 heterocycles. The number of aryl methyl sites for hydroxylation is 1. The van der Waals surface area contributed by atoms with Crippen LogP contribution in [-0.4, -0.2) is 8.97 Å². The van der Waals surface area contributed by atoms with E-state index in [0.29, 0.717) is 17.0 Å². The van der Waals surface area contributed by atoms with Gasteiger partial charge in [-0.25, -0.2) is 0 Å². The first-order chi connectivity index (χ1) is 12.6. The van der Waals surface area contributed by atoms with Crippen molar-refractivity contribution in [2.75, 3.05) is 0 Å². The van der Waals surface area contributed by atoms with Crippen molar-refractivity contribution in [2.45, 2.75) is 26.3 Å². The highest BCUT2D eigenvalue weighted by atomic mass is 35.5. The third-order valence-electron chi connectivity index (χ3n) is 4.49. The number of rotatable bonds is 4. The van der Waals surface area contributed by atoms with E-state index in [9.17, 15) is 4.79 Å². The van der Waals surface area contributed by atoms with Crippen LogP contribution >= 0.6 is 35.2 Å². The summed E-state index contributed by atoms with van der Waals surface area (Å²) >= 11 is 13.4. The zero-order valence-corrected chi connectivity index (χ0v) is 16.6. The normalized spacial score (nSPS) is 11.5. The second kappa shape index (κ2) is 6.99. The molecule has 2 aromatic heterocycles. The predicted octanol–water partition coefficient (Wildman–Crippen LogP) is 6.17. The second-order valence-corrected chi connectivity index (χ2v) is 8.27. The van der Waals surface area contributed by atoms with E-state index in [1.165, 1.54) is 11.3 Å². The van der Waals surface area contributed by atoms with Crippen molar-refractivity contribution < 1.29 is 0 Å². The predicted molar refractivity (Wildman–Crippen MR) is 113 cm³/mol. The summed E-state index contributed by atoms with van der Waals surface area (Å²) in [4.78, 5) is 14.2. The fraction of sp³-hybridized carbons (Fsp3) is 0.200. The number of hydrogen-bond acceptors (Lipinski definition) is 3. The number of unbranched alkanes of at least 4 members (excludes halogenated alkanes) is 1. The molecular weight excluding hydrogens is 384 g/mol. The molecule has 0 saturated heterocycles. The molecule has 0 bridgehead atoms. The topological polar surface area (TPSA) is 26.4 Å². The molecule has 0 radical (unpaired) electrons. The third kappa shape index (κ3) is 2.80. The van der Waals surface area contributed by atoms with Gasteiger partial charge in [0.25, 0.3) is 5.56 Å². The highest BCUT2D eigenvalue weighted by molar-refractivity contribution is 7.73. The quantitative estimate of drug-likeness (QED) is 0.383. The van der Waals surface area contributed by atoms with Gasteiger partial charge in [-0.15, -0.1) is 11.3 Å². The fourth-order valence-corrected chi connectivity index (χ4v) is 4.87. The van der Waals surface area contributed by atoms with E-state index in [1.807, 2.05) is 57.5 Å². The molecule has 132 valence electrons. The molecule has 0 N–H and O–H groups in total. The minimum atomic E-state index is 0.0325. The van der Waals surface area contributed by atoms with Crippen LogP contribution < -0.4 is 5.56 Å². The number of para-hydroxylation sites is 1. The van der Waals surface area contributed by atoms with E-state index in [2.05, 4.69) is 6.92 Å². The lowest BCUT2D eigenvalue weighted by molar-refractivity contribution is 0.627. The van der Waals surface area contributed by atoms with Gasteiger partial charge in [-0.2, -0.15) is 0 Å². The molecule has 0 aliphatic rings. The van der Waals surface area contributed by atoms with E-state index in [-0.39, 0.29) is 5.56 Å². The maximum atomic E-state index is 13.2. The number of aromatic nitrogens is 2. The zero-order chi connectivity index (χ0) is 18.3. The molecule has 3 nitrogen and oxygen atoms in total. The molecule has 0 aliphatic heterocycles. The molecule has 4 rings (SSSR count). The molecule has 4 aromatic rings. The lowest BCUT2D eigenvalue weighted by atomic mass is 10.2. The standard InChI is InChI=1S/C20H17ClN2OS2/c1-2-3-11-22-18-17(13-7-6-8-14(21)12-13)26-20(25)23(18)16-10-5-4-9-15(16)19(22)24/h4-10,12H,2-3,11H2,1H3. The number of benzene rings is 2. The number of fused-ring (bicyclic) bond motifs is 3. The van der Waals surface area contributed by atoms with Crippen molar-refractivity contribution in [2.24, 2.45) is 0 Å². The molecule has 0 amide bonds. The Kier molecular flexibility index (Phi) is 4.69. The van der Waals surface area contributed by atoms with Gasteiger partial charge in [0.2, 0.25) is 0 Å². The van der Waals surface area contributed by atoms with Gasteiger partial charge < -0.3 is 0 Å². The van der Waals surface area contributed by atoms with Crippen LogP contribution in [0, 0.1) is 3.95 Å². The molecule has 0 aliphatic carbocycles. The largest absolute Gasteiger partial charge is 0.292 e.